The van der Waals surface area contributed by atoms with E-state index in [1.807, 2.05) is 0 Å². The van der Waals surface area contributed by atoms with Crippen LogP contribution in [0.4, 0.5) is 10.1 Å². The van der Waals surface area contributed by atoms with Crippen molar-refractivity contribution in [3.63, 3.8) is 0 Å². The van der Waals surface area contributed by atoms with Crippen LogP contribution in [0.3, 0.4) is 0 Å². The molecule has 154 valence electrons. The number of rotatable bonds is 5. The van der Waals surface area contributed by atoms with Crippen molar-refractivity contribution < 1.29 is 29.0 Å². The number of nitrogens with one attached hydrogen (secondary N) is 1. The molecule has 1 aromatic heterocycles. The largest absolute Gasteiger partial charge is 0.477 e. The van der Waals surface area contributed by atoms with Crippen molar-refractivity contribution in [2.45, 2.75) is 25.5 Å². The van der Waals surface area contributed by atoms with Crippen LogP contribution in [-0.2, 0) is 9.59 Å². The Labute approximate surface area is 170 Å². The number of carbonyl (C=O) groups excluding carboxylic acids is 2. The number of hydrogen-bond acceptors (Lipinski definition) is 5. The third kappa shape index (κ3) is 3.13. The smallest absolute Gasteiger partial charge is 0.352 e. The number of fused-ring (bicyclic) bond motifs is 1. The molecule has 0 radical (unpaired) electrons. The molecule has 0 unspecified atom stereocenters. The molecule has 2 aliphatic rings. The number of pyridine rings is 1. The lowest BCUT2D eigenvalue weighted by molar-refractivity contribution is -0.161. The lowest BCUT2D eigenvalue weighted by Gasteiger charge is -2.44. The second-order valence-corrected chi connectivity index (χ2v) is 7.26. The number of aliphatic hydroxyl groups excluding tert-OH is 1. The zero-order valence-corrected chi connectivity index (χ0v) is 15.9. The monoisotopic (exact) mass is 411 g/mol. The first-order chi connectivity index (χ1) is 14.3. The van der Waals surface area contributed by atoms with Gasteiger partial charge in [0.15, 0.2) is 0 Å². The molecule has 8 nitrogen and oxygen atoms in total. The first-order valence-electron chi connectivity index (χ1n) is 9.28. The molecule has 2 aromatic rings. The molecule has 0 bridgehead atoms. The van der Waals surface area contributed by atoms with Crippen LogP contribution in [0, 0.1) is 11.7 Å². The molecule has 2 amide bonds. The van der Waals surface area contributed by atoms with Gasteiger partial charge < -0.3 is 20.4 Å². The van der Waals surface area contributed by atoms with E-state index < -0.39 is 41.7 Å². The summed E-state index contributed by atoms with van der Waals surface area (Å²) in [6.07, 6.45) is 2.18. The summed E-state index contributed by atoms with van der Waals surface area (Å²) in [6.45, 7) is 1.48. The minimum Gasteiger partial charge on any atom is -0.477 e. The van der Waals surface area contributed by atoms with Crippen molar-refractivity contribution in [1.82, 2.24) is 9.88 Å². The number of carbonyl (C=O) groups is 3. The predicted molar refractivity (Wildman–Crippen MR) is 104 cm³/mol. The van der Waals surface area contributed by atoms with Gasteiger partial charge in [0.25, 0.3) is 5.91 Å². The van der Waals surface area contributed by atoms with E-state index in [0.29, 0.717) is 16.7 Å². The number of anilines is 1. The van der Waals surface area contributed by atoms with Crippen LogP contribution in [0.5, 0.6) is 0 Å². The average molecular weight is 411 g/mol. The van der Waals surface area contributed by atoms with E-state index in [0.717, 1.165) is 11.0 Å². The molecule has 1 fully saturated rings. The number of aromatic nitrogens is 1. The van der Waals surface area contributed by atoms with Crippen LogP contribution in [0.2, 0.25) is 0 Å². The molecule has 0 aliphatic carbocycles. The number of halogens is 1. The molecule has 3 heterocycles. The van der Waals surface area contributed by atoms with Crippen LogP contribution in [0.1, 0.15) is 29.3 Å². The highest BCUT2D eigenvalue weighted by atomic mass is 19.1. The SMILES string of the molecule is C[C@@H](O)[C@H]1C(=O)N2C(C(=O)O)=C(c3ccc(NC(=O)c4ccncc4)c(F)c3)C[C@H]12. The summed E-state index contributed by atoms with van der Waals surface area (Å²) in [7, 11) is 0. The Morgan fingerprint density at radius 3 is 2.57 bits per heavy atom. The third-order valence-electron chi connectivity index (χ3n) is 5.44. The summed E-state index contributed by atoms with van der Waals surface area (Å²) in [6, 6.07) is 6.49. The van der Waals surface area contributed by atoms with Gasteiger partial charge in [-0.25, -0.2) is 9.18 Å². The minimum atomic E-state index is -1.29. The van der Waals surface area contributed by atoms with Gasteiger partial charge in [-0.05, 0) is 48.7 Å². The van der Waals surface area contributed by atoms with Crippen LogP contribution in [0.25, 0.3) is 5.57 Å². The Hall–Kier alpha value is -3.59. The van der Waals surface area contributed by atoms with Gasteiger partial charge in [-0.1, -0.05) is 6.07 Å². The van der Waals surface area contributed by atoms with Crippen LogP contribution < -0.4 is 5.32 Å². The van der Waals surface area contributed by atoms with Gasteiger partial charge in [0.2, 0.25) is 5.91 Å². The summed E-state index contributed by atoms with van der Waals surface area (Å²) in [5.74, 6) is -3.67. The van der Waals surface area contributed by atoms with E-state index in [-0.39, 0.29) is 17.8 Å². The molecule has 30 heavy (non-hydrogen) atoms. The number of aliphatic hydroxyl groups is 1. The van der Waals surface area contributed by atoms with Crippen LogP contribution in [-0.4, -0.2) is 50.0 Å². The number of β-lactam (4-membered cyclic amide) rings is 1. The third-order valence-corrected chi connectivity index (χ3v) is 5.44. The van der Waals surface area contributed by atoms with E-state index in [4.69, 9.17) is 0 Å². The Balaban J connectivity index is 1.62. The van der Waals surface area contributed by atoms with Gasteiger partial charge >= 0.3 is 5.97 Å². The van der Waals surface area contributed by atoms with E-state index in [2.05, 4.69) is 10.3 Å². The van der Waals surface area contributed by atoms with Gasteiger partial charge in [-0.15, -0.1) is 0 Å². The first kappa shape index (κ1) is 19.7. The van der Waals surface area contributed by atoms with Gasteiger partial charge in [0, 0.05) is 18.0 Å². The summed E-state index contributed by atoms with van der Waals surface area (Å²) in [5.41, 5.74) is 0.674. The molecule has 2 aliphatic heterocycles. The Bertz CT molecular complexity index is 1080. The Morgan fingerprint density at radius 1 is 1.27 bits per heavy atom. The highest BCUT2D eigenvalue weighted by molar-refractivity contribution is 6.06. The second-order valence-electron chi connectivity index (χ2n) is 7.26. The zero-order chi connectivity index (χ0) is 21.6. The van der Waals surface area contributed by atoms with Gasteiger partial charge in [-0.2, -0.15) is 0 Å². The van der Waals surface area contributed by atoms with Crippen molar-refractivity contribution in [3.05, 3.63) is 65.4 Å². The molecule has 0 saturated carbocycles. The van der Waals surface area contributed by atoms with Gasteiger partial charge in [0.05, 0.1) is 23.8 Å². The quantitative estimate of drug-likeness (QED) is 0.647. The van der Waals surface area contributed by atoms with Crippen molar-refractivity contribution in [2.24, 2.45) is 5.92 Å². The lowest BCUT2D eigenvalue weighted by atomic mass is 9.82. The molecular formula is C21H18FN3O5. The Morgan fingerprint density at radius 2 is 1.97 bits per heavy atom. The average Bonchev–Trinajstić information content (AvgIpc) is 3.05. The highest BCUT2D eigenvalue weighted by Crippen LogP contribution is 2.47. The predicted octanol–water partition coefficient (Wildman–Crippen LogP) is 1.88. The molecule has 0 spiro atoms. The highest BCUT2D eigenvalue weighted by Gasteiger charge is 2.56. The summed E-state index contributed by atoms with van der Waals surface area (Å²) < 4.78 is 14.7. The van der Waals surface area contributed by atoms with E-state index in [1.165, 1.54) is 43.6 Å². The van der Waals surface area contributed by atoms with E-state index >= 15 is 0 Å². The van der Waals surface area contributed by atoms with Crippen molar-refractivity contribution >= 4 is 29.0 Å². The van der Waals surface area contributed by atoms with E-state index in [1.54, 1.807) is 0 Å². The summed E-state index contributed by atoms with van der Waals surface area (Å²) in [4.78, 5) is 41.3. The number of benzene rings is 1. The second kappa shape index (κ2) is 7.34. The number of nitrogens with zero attached hydrogens (tertiary/aromatic N) is 2. The maximum Gasteiger partial charge on any atom is 0.352 e. The summed E-state index contributed by atoms with van der Waals surface area (Å²) >= 11 is 0. The van der Waals surface area contributed by atoms with Crippen molar-refractivity contribution in [2.75, 3.05) is 5.32 Å². The maximum absolute atomic E-state index is 14.7. The maximum atomic E-state index is 14.7. The fraction of sp³-hybridized carbons (Fsp3) is 0.238. The Kier molecular flexibility index (Phi) is 4.83. The number of hydrogen-bond donors (Lipinski definition) is 3. The van der Waals surface area contributed by atoms with Crippen molar-refractivity contribution in [3.8, 4) is 0 Å². The number of aliphatic carboxylic acids is 1. The van der Waals surface area contributed by atoms with Crippen LogP contribution in [0.15, 0.2) is 48.4 Å². The summed E-state index contributed by atoms with van der Waals surface area (Å²) in [5, 5.41) is 21.9. The fourth-order valence-electron chi connectivity index (χ4n) is 4.03. The molecule has 9 heteroatoms. The van der Waals surface area contributed by atoms with E-state index in [9.17, 15) is 29.0 Å². The normalized spacial score (nSPS) is 21.2. The molecule has 3 N–H and O–H groups in total. The number of carboxylic acid groups (broad SMARTS) is 1. The zero-order valence-electron chi connectivity index (χ0n) is 15.9. The fourth-order valence-corrected chi connectivity index (χ4v) is 4.03. The molecule has 4 rings (SSSR count). The standard InChI is InChI=1S/C21H18FN3O5/c1-10(26)17-16-9-13(18(21(29)30)25(16)20(17)28)12-2-3-15(14(22)8-12)24-19(27)11-4-6-23-7-5-11/h2-8,10,16-17,26H,9H2,1H3,(H,24,27)(H,29,30)/t10-,16-,17-/m1/s1. The number of carboxylic acids is 1. The molecule has 1 saturated heterocycles. The minimum absolute atomic E-state index is 0.0581. The molecular weight excluding hydrogens is 393 g/mol. The molecule has 3 atom stereocenters. The van der Waals surface area contributed by atoms with Gasteiger partial charge in [-0.3, -0.25) is 14.6 Å². The topological polar surface area (TPSA) is 120 Å². The lowest BCUT2D eigenvalue weighted by Crippen LogP contribution is -2.61. The van der Waals surface area contributed by atoms with Crippen molar-refractivity contribution in [1.29, 1.82) is 0 Å². The van der Waals surface area contributed by atoms with Gasteiger partial charge in [0.1, 0.15) is 11.5 Å². The van der Waals surface area contributed by atoms with Crippen LogP contribution >= 0.6 is 0 Å². The number of amides is 2. The molecule has 1 aromatic carbocycles. The first-order valence-corrected chi connectivity index (χ1v) is 9.28.